The van der Waals surface area contributed by atoms with Gasteiger partial charge in [0.25, 0.3) is 0 Å². The number of rotatable bonds is 8. The molecular weight excluding hydrogens is 270 g/mol. The lowest BCUT2D eigenvalue weighted by Gasteiger charge is -2.01. The highest BCUT2D eigenvalue weighted by molar-refractivity contribution is 9.09. The van der Waals surface area contributed by atoms with Crippen LogP contribution in [0.1, 0.15) is 35.9 Å². The van der Waals surface area contributed by atoms with Gasteiger partial charge in [0, 0.05) is 21.6 Å². The molecule has 1 nitrogen and oxygen atoms in total. The van der Waals surface area contributed by atoms with Crippen LogP contribution in [0.3, 0.4) is 0 Å². The molecule has 1 aromatic rings. The second kappa shape index (κ2) is 8.31. The zero-order valence-corrected chi connectivity index (χ0v) is 11.8. The fourth-order valence-corrected chi connectivity index (χ4v) is 2.76. The summed E-state index contributed by atoms with van der Waals surface area (Å²) in [7, 11) is 0. The lowest BCUT2D eigenvalue weighted by Crippen LogP contribution is -2.13. The molecule has 3 heteroatoms. The van der Waals surface area contributed by atoms with Crippen molar-refractivity contribution in [2.45, 2.75) is 39.2 Å². The predicted octanol–water partition coefficient (Wildman–Crippen LogP) is 3.97. The van der Waals surface area contributed by atoms with Crippen LogP contribution in [0.5, 0.6) is 0 Å². The minimum Gasteiger partial charge on any atom is -0.312 e. The van der Waals surface area contributed by atoms with Crippen molar-refractivity contribution >= 4 is 27.3 Å². The van der Waals surface area contributed by atoms with Gasteiger partial charge in [-0.3, -0.25) is 0 Å². The molecule has 0 spiro atoms. The minimum atomic E-state index is 1.04. The topological polar surface area (TPSA) is 12.0 Å². The van der Waals surface area contributed by atoms with Crippen LogP contribution >= 0.6 is 27.3 Å². The highest BCUT2D eigenvalue weighted by Gasteiger charge is 1.97. The Hall–Kier alpha value is 0.140. The van der Waals surface area contributed by atoms with Crippen molar-refractivity contribution < 1.29 is 0 Å². The first-order valence-corrected chi connectivity index (χ1v) is 7.65. The van der Waals surface area contributed by atoms with E-state index in [0.29, 0.717) is 0 Å². The second-order valence-corrected chi connectivity index (χ2v) is 5.69. The van der Waals surface area contributed by atoms with Crippen molar-refractivity contribution in [1.29, 1.82) is 0 Å². The molecule has 0 saturated heterocycles. The molecule has 1 aromatic heterocycles. The number of hydrogen-bond acceptors (Lipinski definition) is 2. The molecule has 0 bridgehead atoms. The third kappa shape index (κ3) is 5.69. The summed E-state index contributed by atoms with van der Waals surface area (Å²) in [6, 6.07) is 4.49. The summed E-state index contributed by atoms with van der Waals surface area (Å²) in [4.78, 5) is 2.96. The third-order valence-corrected chi connectivity index (χ3v) is 4.14. The summed E-state index contributed by atoms with van der Waals surface area (Å²) in [6.45, 7) is 4.40. The van der Waals surface area contributed by atoms with E-state index in [-0.39, 0.29) is 0 Å². The molecular formula is C12H20BrNS. The van der Waals surface area contributed by atoms with Gasteiger partial charge in [0.05, 0.1) is 0 Å². The summed E-state index contributed by atoms with van der Waals surface area (Å²) in [6.07, 6.45) is 5.07. The molecule has 15 heavy (non-hydrogen) atoms. The third-order valence-electron chi connectivity index (χ3n) is 2.35. The first-order chi connectivity index (χ1) is 7.36. The Labute approximate surface area is 105 Å². The Morgan fingerprint density at radius 1 is 1.20 bits per heavy atom. The van der Waals surface area contributed by atoms with Gasteiger partial charge in [-0.15, -0.1) is 11.3 Å². The van der Waals surface area contributed by atoms with E-state index in [1.54, 1.807) is 0 Å². The highest BCUT2D eigenvalue weighted by atomic mass is 79.9. The van der Waals surface area contributed by atoms with E-state index in [2.05, 4.69) is 40.3 Å². The molecule has 0 aliphatic carbocycles. The smallest absolute Gasteiger partial charge is 0.0299 e. The Morgan fingerprint density at radius 2 is 2.00 bits per heavy atom. The van der Waals surface area contributed by atoms with E-state index < -0.39 is 0 Å². The molecule has 0 atom stereocenters. The lowest BCUT2D eigenvalue weighted by atomic mass is 10.2. The van der Waals surface area contributed by atoms with Crippen molar-refractivity contribution in [3.05, 3.63) is 21.9 Å². The number of hydrogen-bond donors (Lipinski definition) is 1. The molecule has 0 radical (unpaired) electrons. The van der Waals surface area contributed by atoms with Crippen LogP contribution in [0.15, 0.2) is 12.1 Å². The Morgan fingerprint density at radius 3 is 2.67 bits per heavy atom. The Bertz CT molecular complexity index is 260. The molecule has 0 aliphatic rings. The normalized spacial score (nSPS) is 10.8. The van der Waals surface area contributed by atoms with Gasteiger partial charge in [-0.05, 0) is 37.9 Å². The molecule has 0 saturated carbocycles. The van der Waals surface area contributed by atoms with Gasteiger partial charge in [-0.1, -0.05) is 29.3 Å². The maximum Gasteiger partial charge on any atom is 0.0299 e. The number of nitrogens with one attached hydrogen (secondary N) is 1. The van der Waals surface area contributed by atoms with Crippen LogP contribution in [-0.4, -0.2) is 11.9 Å². The van der Waals surface area contributed by atoms with Crippen molar-refractivity contribution in [2.24, 2.45) is 0 Å². The maximum absolute atomic E-state index is 3.49. The number of thiophene rings is 1. The van der Waals surface area contributed by atoms with E-state index in [1.165, 1.54) is 29.0 Å². The van der Waals surface area contributed by atoms with Gasteiger partial charge in [0.2, 0.25) is 0 Å². The quantitative estimate of drug-likeness (QED) is 0.564. The molecule has 86 valence electrons. The summed E-state index contributed by atoms with van der Waals surface area (Å²) in [5.74, 6) is 0. The van der Waals surface area contributed by atoms with Crippen LogP contribution in [0, 0.1) is 0 Å². The molecule has 0 fully saturated rings. The minimum absolute atomic E-state index is 1.04. The van der Waals surface area contributed by atoms with Crippen molar-refractivity contribution in [2.75, 3.05) is 11.9 Å². The first-order valence-electron chi connectivity index (χ1n) is 5.71. The predicted molar refractivity (Wildman–Crippen MR) is 73.0 cm³/mol. The molecule has 1 heterocycles. The van der Waals surface area contributed by atoms with E-state index in [1.807, 2.05) is 11.3 Å². The van der Waals surface area contributed by atoms with Crippen LogP contribution in [-0.2, 0) is 13.0 Å². The molecule has 0 amide bonds. The van der Waals surface area contributed by atoms with Gasteiger partial charge in [0.15, 0.2) is 0 Å². The van der Waals surface area contributed by atoms with Crippen molar-refractivity contribution in [3.63, 3.8) is 0 Å². The highest BCUT2D eigenvalue weighted by Crippen LogP contribution is 2.16. The number of aryl methyl sites for hydroxylation is 1. The molecule has 0 aromatic carbocycles. The van der Waals surface area contributed by atoms with Crippen LogP contribution in [0.25, 0.3) is 0 Å². The molecule has 0 aliphatic heterocycles. The van der Waals surface area contributed by atoms with Gasteiger partial charge in [-0.25, -0.2) is 0 Å². The number of halogens is 1. The van der Waals surface area contributed by atoms with Gasteiger partial charge >= 0.3 is 0 Å². The standard InChI is InChI=1S/C12H20BrNS/c1-2-11-6-7-12(15-11)10-14-9-5-3-4-8-13/h6-7,14H,2-5,8-10H2,1H3. The van der Waals surface area contributed by atoms with Gasteiger partial charge < -0.3 is 5.32 Å². The second-order valence-electron chi connectivity index (χ2n) is 3.65. The average molecular weight is 290 g/mol. The zero-order valence-electron chi connectivity index (χ0n) is 9.39. The fraction of sp³-hybridized carbons (Fsp3) is 0.667. The summed E-state index contributed by atoms with van der Waals surface area (Å²) >= 11 is 5.38. The lowest BCUT2D eigenvalue weighted by molar-refractivity contribution is 0.623. The van der Waals surface area contributed by atoms with E-state index in [0.717, 1.165) is 24.8 Å². The zero-order chi connectivity index (χ0) is 10.9. The molecule has 1 rings (SSSR count). The summed E-state index contributed by atoms with van der Waals surface area (Å²) in [5.41, 5.74) is 0. The van der Waals surface area contributed by atoms with Crippen LogP contribution < -0.4 is 5.32 Å². The maximum atomic E-state index is 3.49. The molecule has 0 unspecified atom stereocenters. The molecule has 1 N–H and O–H groups in total. The van der Waals surface area contributed by atoms with Gasteiger partial charge in [0.1, 0.15) is 0 Å². The SMILES string of the molecule is CCc1ccc(CNCCCCCBr)s1. The fourth-order valence-electron chi connectivity index (χ4n) is 1.44. The van der Waals surface area contributed by atoms with Crippen molar-refractivity contribution in [3.8, 4) is 0 Å². The first kappa shape index (κ1) is 13.2. The van der Waals surface area contributed by atoms with E-state index in [4.69, 9.17) is 0 Å². The summed E-state index contributed by atoms with van der Waals surface area (Å²) < 4.78 is 0. The summed E-state index contributed by atoms with van der Waals surface area (Å²) in [5, 5.41) is 4.63. The average Bonchev–Trinajstić information content (AvgIpc) is 2.71. The Balaban J connectivity index is 2.04. The van der Waals surface area contributed by atoms with Gasteiger partial charge in [-0.2, -0.15) is 0 Å². The van der Waals surface area contributed by atoms with E-state index >= 15 is 0 Å². The van der Waals surface area contributed by atoms with E-state index in [9.17, 15) is 0 Å². The van der Waals surface area contributed by atoms with Crippen LogP contribution in [0.4, 0.5) is 0 Å². The monoisotopic (exact) mass is 289 g/mol. The van der Waals surface area contributed by atoms with Crippen LogP contribution in [0.2, 0.25) is 0 Å². The Kier molecular flexibility index (Phi) is 7.32. The number of alkyl halides is 1. The number of unbranched alkanes of at least 4 members (excludes halogenated alkanes) is 2. The largest absolute Gasteiger partial charge is 0.312 e. The van der Waals surface area contributed by atoms with Crippen molar-refractivity contribution in [1.82, 2.24) is 5.32 Å².